The first kappa shape index (κ1) is 16.1. The summed E-state index contributed by atoms with van der Waals surface area (Å²) >= 11 is 3.12. The summed E-state index contributed by atoms with van der Waals surface area (Å²) < 4.78 is 42.0. The van der Waals surface area contributed by atoms with Gasteiger partial charge in [-0.2, -0.15) is 13.2 Å². The zero-order valence-corrected chi connectivity index (χ0v) is 11.9. The number of alkyl halides is 3. The predicted molar refractivity (Wildman–Crippen MR) is 69.2 cm³/mol. The summed E-state index contributed by atoms with van der Waals surface area (Å²) in [6, 6.07) is 2.20. The van der Waals surface area contributed by atoms with Gasteiger partial charge in [-0.25, -0.2) is 0 Å². The topological polar surface area (TPSA) is 55.5 Å². The van der Waals surface area contributed by atoms with E-state index in [1.165, 1.54) is 12.1 Å². The standard InChI is InChI=1S/C12H15BrF3NO2/c1-2-19-10-6-7(5-8(13)11(10)18)9(17)3-4-12(14,15)16/h5-6,9,18H,2-4,17H2,1H3/t9-/m1/s1. The fourth-order valence-corrected chi connectivity index (χ4v) is 2.02. The Morgan fingerprint density at radius 3 is 2.58 bits per heavy atom. The lowest BCUT2D eigenvalue weighted by molar-refractivity contribution is -0.136. The van der Waals surface area contributed by atoms with Crippen LogP contribution in [0.5, 0.6) is 11.5 Å². The van der Waals surface area contributed by atoms with E-state index in [0.717, 1.165) is 0 Å². The SMILES string of the molecule is CCOc1cc([C@H](N)CCC(F)(F)F)cc(Br)c1O. The summed E-state index contributed by atoms with van der Waals surface area (Å²) in [5.41, 5.74) is 6.21. The molecule has 0 saturated carbocycles. The number of hydrogen-bond donors (Lipinski definition) is 2. The maximum atomic E-state index is 12.1. The van der Waals surface area contributed by atoms with Crippen LogP contribution in [0.25, 0.3) is 0 Å². The fraction of sp³-hybridized carbons (Fsp3) is 0.500. The molecule has 0 radical (unpaired) electrons. The van der Waals surface area contributed by atoms with Gasteiger partial charge < -0.3 is 15.6 Å². The molecule has 0 aliphatic rings. The van der Waals surface area contributed by atoms with Gasteiger partial charge in [0.25, 0.3) is 0 Å². The van der Waals surface area contributed by atoms with Crippen LogP contribution in [0.2, 0.25) is 0 Å². The molecule has 0 saturated heterocycles. The molecule has 0 aliphatic carbocycles. The molecule has 0 unspecified atom stereocenters. The Morgan fingerprint density at radius 1 is 1.42 bits per heavy atom. The van der Waals surface area contributed by atoms with Crippen molar-refractivity contribution >= 4 is 15.9 Å². The Morgan fingerprint density at radius 2 is 2.05 bits per heavy atom. The van der Waals surface area contributed by atoms with E-state index >= 15 is 0 Å². The lowest BCUT2D eigenvalue weighted by Crippen LogP contribution is -2.16. The number of ether oxygens (including phenoxy) is 1. The first-order valence-electron chi connectivity index (χ1n) is 5.72. The van der Waals surface area contributed by atoms with Gasteiger partial charge in [-0.05, 0) is 47.0 Å². The summed E-state index contributed by atoms with van der Waals surface area (Å²) in [6.07, 6.45) is -5.39. The van der Waals surface area contributed by atoms with Crippen molar-refractivity contribution in [3.05, 3.63) is 22.2 Å². The molecule has 0 amide bonds. The van der Waals surface area contributed by atoms with Gasteiger partial charge in [0.2, 0.25) is 0 Å². The molecule has 0 aliphatic heterocycles. The summed E-state index contributed by atoms with van der Waals surface area (Å²) in [4.78, 5) is 0. The minimum absolute atomic E-state index is 0.0892. The van der Waals surface area contributed by atoms with Crippen LogP contribution in [0.4, 0.5) is 13.2 Å². The highest BCUT2D eigenvalue weighted by Crippen LogP contribution is 2.38. The number of nitrogens with two attached hydrogens (primary N) is 1. The molecule has 1 rings (SSSR count). The minimum atomic E-state index is -4.23. The van der Waals surface area contributed by atoms with Gasteiger partial charge in [-0.1, -0.05) is 0 Å². The molecular formula is C12H15BrF3NO2. The van der Waals surface area contributed by atoms with E-state index in [-0.39, 0.29) is 17.9 Å². The molecule has 1 atom stereocenters. The molecule has 1 aromatic carbocycles. The fourth-order valence-electron chi connectivity index (χ4n) is 1.56. The van der Waals surface area contributed by atoms with E-state index in [1.807, 2.05) is 0 Å². The third-order valence-corrected chi connectivity index (χ3v) is 3.12. The summed E-state index contributed by atoms with van der Waals surface area (Å²) in [6.45, 7) is 2.07. The van der Waals surface area contributed by atoms with Crippen molar-refractivity contribution in [1.82, 2.24) is 0 Å². The van der Waals surface area contributed by atoms with E-state index in [0.29, 0.717) is 16.6 Å². The lowest BCUT2D eigenvalue weighted by atomic mass is 10.0. The zero-order chi connectivity index (χ0) is 14.6. The Kier molecular flexibility index (Phi) is 5.49. The van der Waals surface area contributed by atoms with E-state index in [1.54, 1.807) is 6.92 Å². The van der Waals surface area contributed by atoms with Crippen LogP contribution in [0.1, 0.15) is 31.4 Å². The molecule has 0 aromatic heterocycles. The monoisotopic (exact) mass is 341 g/mol. The molecule has 19 heavy (non-hydrogen) atoms. The largest absolute Gasteiger partial charge is 0.503 e. The molecule has 7 heteroatoms. The highest BCUT2D eigenvalue weighted by Gasteiger charge is 2.28. The van der Waals surface area contributed by atoms with Crippen molar-refractivity contribution in [2.45, 2.75) is 32.0 Å². The number of rotatable bonds is 5. The molecule has 108 valence electrons. The van der Waals surface area contributed by atoms with Crippen LogP contribution in [0, 0.1) is 0 Å². The maximum Gasteiger partial charge on any atom is 0.389 e. The van der Waals surface area contributed by atoms with Gasteiger partial charge in [-0.15, -0.1) is 0 Å². The van der Waals surface area contributed by atoms with E-state index < -0.39 is 18.6 Å². The van der Waals surface area contributed by atoms with Crippen LogP contribution >= 0.6 is 15.9 Å². The van der Waals surface area contributed by atoms with E-state index in [2.05, 4.69) is 15.9 Å². The van der Waals surface area contributed by atoms with Gasteiger partial charge in [0.15, 0.2) is 11.5 Å². The second-order valence-electron chi connectivity index (χ2n) is 4.04. The smallest absolute Gasteiger partial charge is 0.389 e. The first-order chi connectivity index (χ1) is 8.74. The van der Waals surface area contributed by atoms with Crippen molar-refractivity contribution < 1.29 is 23.0 Å². The van der Waals surface area contributed by atoms with Crippen LogP contribution in [0.3, 0.4) is 0 Å². The average molecular weight is 342 g/mol. The van der Waals surface area contributed by atoms with Gasteiger partial charge in [-0.3, -0.25) is 0 Å². The number of phenolic OH excluding ortho intramolecular Hbond substituents is 1. The number of hydrogen-bond acceptors (Lipinski definition) is 3. The van der Waals surface area contributed by atoms with Crippen molar-refractivity contribution in [2.24, 2.45) is 5.73 Å². The molecule has 0 heterocycles. The number of halogens is 4. The summed E-state index contributed by atoms with van der Waals surface area (Å²) in [5.74, 6) is 0.114. The number of phenols is 1. The molecule has 3 nitrogen and oxygen atoms in total. The molecule has 1 aromatic rings. The Labute approximate surface area is 117 Å². The Hall–Kier alpha value is -0.950. The van der Waals surface area contributed by atoms with Gasteiger partial charge in [0.05, 0.1) is 11.1 Å². The highest BCUT2D eigenvalue weighted by atomic mass is 79.9. The van der Waals surface area contributed by atoms with Crippen molar-refractivity contribution in [3.63, 3.8) is 0 Å². The average Bonchev–Trinajstić information content (AvgIpc) is 2.31. The molecule has 3 N–H and O–H groups in total. The summed E-state index contributed by atoms with van der Waals surface area (Å²) in [7, 11) is 0. The number of aromatic hydroxyl groups is 1. The van der Waals surface area contributed by atoms with Crippen molar-refractivity contribution in [3.8, 4) is 11.5 Å². The molecule has 0 fully saturated rings. The van der Waals surface area contributed by atoms with Gasteiger partial charge >= 0.3 is 6.18 Å². The van der Waals surface area contributed by atoms with Crippen LogP contribution < -0.4 is 10.5 Å². The normalized spacial score (nSPS) is 13.4. The van der Waals surface area contributed by atoms with Crippen molar-refractivity contribution in [1.29, 1.82) is 0 Å². The minimum Gasteiger partial charge on any atom is -0.503 e. The van der Waals surface area contributed by atoms with Gasteiger partial charge in [0, 0.05) is 12.5 Å². The summed E-state index contributed by atoms with van der Waals surface area (Å²) in [5, 5.41) is 9.70. The van der Waals surface area contributed by atoms with Crippen LogP contribution in [-0.4, -0.2) is 17.9 Å². The lowest BCUT2D eigenvalue weighted by Gasteiger charge is -2.16. The molecule has 0 bridgehead atoms. The molecule has 0 spiro atoms. The van der Waals surface area contributed by atoms with Crippen LogP contribution in [0.15, 0.2) is 16.6 Å². The van der Waals surface area contributed by atoms with Gasteiger partial charge in [0.1, 0.15) is 0 Å². The number of benzene rings is 1. The second-order valence-corrected chi connectivity index (χ2v) is 4.90. The second kappa shape index (κ2) is 6.47. The maximum absolute atomic E-state index is 12.1. The van der Waals surface area contributed by atoms with Crippen molar-refractivity contribution in [2.75, 3.05) is 6.61 Å². The Bertz CT molecular complexity index is 438. The van der Waals surface area contributed by atoms with E-state index in [9.17, 15) is 18.3 Å². The molecular weight excluding hydrogens is 327 g/mol. The predicted octanol–water partition coefficient (Wildman–Crippen LogP) is 3.90. The first-order valence-corrected chi connectivity index (χ1v) is 6.51. The zero-order valence-electron chi connectivity index (χ0n) is 10.3. The highest BCUT2D eigenvalue weighted by molar-refractivity contribution is 9.10. The van der Waals surface area contributed by atoms with E-state index in [4.69, 9.17) is 10.5 Å². The van der Waals surface area contributed by atoms with Crippen LogP contribution in [-0.2, 0) is 0 Å². The Balaban J connectivity index is 2.88. The third kappa shape index (κ3) is 4.91. The third-order valence-electron chi connectivity index (χ3n) is 2.52. The quantitative estimate of drug-likeness (QED) is 0.853.